The number of amides is 2. The van der Waals surface area contributed by atoms with Crippen LogP contribution in [0.2, 0.25) is 0 Å². The summed E-state index contributed by atoms with van der Waals surface area (Å²) in [5.41, 5.74) is 1.31. The first-order chi connectivity index (χ1) is 9.65. The normalized spacial score (nSPS) is 22.6. The largest absolute Gasteiger partial charge is 0.352 e. The lowest BCUT2D eigenvalue weighted by molar-refractivity contribution is -0.123. The molecule has 1 aliphatic rings. The topological polar surface area (TPSA) is 86.9 Å². The summed E-state index contributed by atoms with van der Waals surface area (Å²) in [6, 6.07) is 5.40. The molecule has 104 valence electrons. The average molecular weight is 272 g/mol. The minimum atomic E-state index is -0.146. The number of aromatic nitrogens is 2. The molecule has 1 aromatic heterocycles. The highest BCUT2D eigenvalue weighted by atomic mass is 16.2. The first-order valence-corrected chi connectivity index (χ1v) is 6.67. The van der Waals surface area contributed by atoms with E-state index in [-0.39, 0.29) is 23.9 Å². The first kappa shape index (κ1) is 12.7. The van der Waals surface area contributed by atoms with Crippen molar-refractivity contribution < 1.29 is 9.59 Å². The van der Waals surface area contributed by atoms with Crippen molar-refractivity contribution in [1.29, 1.82) is 0 Å². The molecular weight excluding hydrogens is 256 g/mol. The van der Waals surface area contributed by atoms with E-state index in [2.05, 4.69) is 20.8 Å². The van der Waals surface area contributed by atoms with Gasteiger partial charge in [0, 0.05) is 23.9 Å². The van der Waals surface area contributed by atoms with Crippen LogP contribution >= 0.6 is 0 Å². The molecule has 0 radical (unpaired) electrons. The SMILES string of the molecule is CC1NC(=O)CCC1NC(=O)c1cccc2cn[nH]c12. The molecule has 2 amide bonds. The minimum Gasteiger partial charge on any atom is -0.352 e. The predicted octanol–water partition coefficient (Wildman–Crippen LogP) is 0.960. The summed E-state index contributed by atoms with van der Waals surface area (Å²) in [5.74, 6) is -0.105. The second-order valence-electron chi connectivity index (χ2n) is 5.11. The number of carbonyl (C=O) groups is 2. The Morgan fingerprint density at radius 3 is 3.10 bits per heavy atom. The maximum Gasteiger partial charge on any atom is 0.253 e. The van der Waals surface area contributed by atoms with E-state index in [1.165, 1.54) is 0 Å². The van der Waals surface area contributed by atoms with Gasteiger partial charge in [0.05, 0.1) is 17.3 Å². The number of nitrogens with zero attached hydrogens (tertiary/aromatic N) is 1. The third-order valence-electron chi connectivity index (χ3n) is 3.71. The van der Waals surface area contributed by atoms with E-state index in [9.17, 15) is 9.59 Å². The molecule has 2 atom stereocenters. The molecule has 0 aliphatic carbocycles. The lowest BCUT2D eigenvalue weighted by atomic mass is 9.98. The maximum absolute atomic E-state index is 12.4. The quantitative estimate of drug-likeness (QED) is 0.761. The number of piperidine rings is 1. The van der Waals surface area contributed by atoms with Gasteiger partial charge in [-0.2, -0.15) is 5.10 Å². The van der Waals surface area contributed by atoms with Gasteiger partial charge in [-0.15, -0.1) is 0 Å². The van der Waals surface area contributed by atoms with E-state index in [0.717, 1.165) is 10.9 Å². The Morgan fingerprint density at radius 2 is 2.30 bits per heavy atom. The zero-order valence-electron chi connectivity index (χ0n) is 11.1. The lowest BCUT2D eigenvalue weighted by Gasteiger charge is -2.30. The van der Waals surface area contributed by atoms with E-state index in [1.807, 2.05) is 19.1 Å². The third kappa shape index (κ3) is 2.24. The fraction of sp³-hybridized carbons (Fsp3) is 0.357. The summed E-state index contributed by atoms with van der Waals surface area (Å²) in [6.45, 7) is 1.90. The van der Waals surface area contributed by atoms with Gasteiger partial charge in [-0.3, -0.25) is 14.7 Å². The number of fused-ring (bicyclic) bond motifs is 1. The maximum atomic E-state index is 12.4. The second kappa shape index (κ2) is 4.96. The van der Waals surface area contributed by atoms with Crippen LogP contribution in [-0.2, 0) is 4.79 Å². The molecule has 2 heterocycles. The number of hydrogen-bond acceptors (Lipinski definition) is 3. The van der Waals surface area contributed by atoms with Crippen molar-refractivity contribution >= 4 is 22.7 Å². The molecule has 3 N–H and O–H groups in total. The van der Waals surface area contributed by atoms with Crippen LogP contribution in [0.1, 0.15) is 30.1 Å². The number of carbonyl (C=O) groups excluding carboxylic acids is 2. The van der Waals surface area contributed by atoms with Gasteiger partial charge in [-0.25, -0.2) is 0 Å². The fourth-order valence-corrected chi connectivity index (χ4v) is 2.56. The molecule has 3 rings (SSSR count). The van der Waals surface area contributed by atoms with E-state index < -0.39 is 0 Å². The fourth-order valence-electron chi connectivity index (χ4n) is 2.56. The van der Waals surface area contributed by atoms with Gasteiger partial charge in [0.15, 0.2) is 0 Å². The standard InChI is InChI=1S/C14H16N4O2/c1-8-11(5-6-12(19)16-8)17-14(20)10-4-2-3-9-7-15-18-13(9)10/h2-4,7-8,11H,5-6H2,1H3,(H,15,18)(H,16,19)(H,17,20). The molecule has 1 aliphatic heterocycles. The number of nitrogens with one attached hydrogen (secondary N) is 3. The van der Waals surface area contributed by atoms with Gasteiger partial charge in [0.2, 0.25) is 5.91 Å². The molecule has 6 heteroatoms. The summed E-state index contributed by atoms with van der Waals surface area (Å²) >= 11 is 0. The molecule has 2 unspecified atom stereocenters. The highest BCUT2D eigenvalue weighted by Gasteiger charge is 2.27. The molecule has 0 spiro atoms. The Balaban J connectivity index is 1.79. The number of benzene rings is 1. The minimum absolute atomic E-state index is 0.0404. The molecule has 0 saturated carbocycles. The highest BCUT2D eigenvalue weighted by Crippen LogP contribution is 2.17. The van der Waals surface area contributed by atoms with Crippen LogP contribution in [0.5, 0.6) is 0 Å². The molecule has 6 nitrogen and oxygen atoms in total. The third-order valence-corrected chi connectivity index (χ3v) is 3.71. The molecule has 2 aromatic rings. The number of para-hydroxylation sites is 1. The smallest absolute Gasteiger partial charge is 0.253 e. The summed E-state index contributed by atoms with van der Waals surface area (Å²) in [5, 5.41) is 13.5. The molecule has 1 aromatic carbocycles. The predicted molar refractivity (Wildman–Crippen MR) is 74.2 cm³/mol. The second-order valence-corrected chi connectivity index (χ2v) is 5.11. The van der Waals surface area contributed by atoms with E-state index in [1.54, 1.807) is 12.3 Å². The van der Waals surface area contributed by atoms with Crippen LogP contribution < -0.4 is 10.6 Å². The molecule has 1 fully saturated rings. The average Bonchev–Trinajstić information content (AvgIpc) is 2.90. The van der Waals surface area contributed by atoms with E-state index in [4.69, 9.17) is 0 Å². The number of aromatic amines is 1. The Hall–Kier alpha value is -2.37. The Kier molecular flexibility index (Phi) is 3.14. The number of H-pyrrole nitrogens is 1. The summed E-state index contributed by atoms with van der Waals surface area (Å²) in [7, 11) is 0. The Labute approximate surface area is 115 Å². The van der Waals surface area contributed by atoms with Gasteiger partial charge in [-0.05, 0) is 19.4 Å². The number of hydrogen-bond donors (Lipinski definition) is 3. The van der Waals surface area contributed by atoms with Gasteiger partial charge >= 0.3 is 0 Å². The van der Waals surface area contributed by atoms with Crippen LogP contribution in [0.15, 0.2) is 24.4 Å². The zero-order valence-corrected chi connectivity index (χ0v) is 11.1. The van der Waals surface area contributed by atoms with Gasteiger partial charge in [0.25, 0.3) is 5.91 Å². The van der Waals surface area contributed by atoms with E-state index in [0.29, 0.717) is 18.4 Å². The first-order valence-electron chi connectivity index (χ1n) is 6.67. The van der Waals surface area contributed by atoms with E-state index >= 15 is 0 Å². The van der Waals surface area contributed by atoms with Crippen LogP contribution in [-0.4, -0.2) is 34.1 Å². The molecule has 0 bridgehead atoms. The molecular formula is C14H16N4O2. The van der Waals surface area contributed by atoms with Crippen molar-refractivity contribution in [2.75, 3.05) is 0 Å². The lowest BCUT2D eigenvalue weighted by Crippen LogP contribution is -2.53. The molecule has 1 saturated heterocycles. The van der Waals surface area contributed by atoms with Crippen LogP contribution in [0.25, 0.3) is 10.9 Å². The van der Waals surface area contributed by atoms with Crippen molar-refractivity contribution in [3.63, 3.8) is 0 Å². The Bertz CT molecular complexity index is 664. The van der Waals surface area contributed by atoms with Crippen LogP contribution in [0.3, 0.4) is 0 Å². The van der Waals surface area contributed by atoms with Gasteiger partial charge < -0.3 is 10.6 Å². The summed E-state index contributed by atoms with van der Waals surface area (Å²) in [4.78, 5) is 23.7. The highest BCUT2D eigenvalue weighted by molar-refractivity contribution is 6.05. The van der Waals surface area contributed by atoms with Gasteiger partial charge in [-0.1, -0.05) is 12.1 Å². The van der Waals surface area contributed by atoms with Crippen molar-refractivity contribution in [3.05, 3.63) is 30.0 Å². The van der Waals surface area contributed by atoms with Gasteiger partial charge in [0.1, 0.15) is 0 Å². The van der Waals surface area contributed by atoms with Crippen molar-refractivity contribution in [3.8, 4) is 0 Å². The zero-order chi connectivity index (χ0) is 14.1. The van der Waals surface area contributed by atoms with Crippen molar-refractivity contribution in [1.82, 2.24) is 20.8 Å². The monoisotopic (exact) mass is 272 g/mol. The summed E-state index contributed by atoms with van der Waals surface area (Å²) in [6.07, 6.45) is 2.80. The van der Waals surface area contributed by atoms with Crippen molar-refractivity contribution in [2.45, 2.75) is 31.8 Å². The van der Waals surface area contributed by atoms with Crippen molar-refractivity contribution in [2.24, 2.45) is 0 Å². The van der Waals surface area contributed by atoms with Crippen LogP contribution in [0, 0.1) is 0 Å². The summed E-state index contributed by atoms with van der Waals surface area (Å²) < 4.78 is 0. The molecule has 20 heavy (non-hydrogen) atoms. The number of rotatable bonds is 2. The Morgan fingerprint density at radius 1 is 1.45 bits per heavy atom. The van der Waals surface area contributed by atoms with Crippen LogP contribution in [0.4, 0.5) is 0 Å².